The fourth-order valence-corrected chi connectivity index (χ4v) is 3.14. The van der Waals surface area contributed by atoms with Crippen LogP contribution >= 0.6 is 0 Å². The van der Waals surface area contributed by atoms with Crippen molar-refractivity contribution in [3.63, 3.8) is 0 Å². The second kappa shape index (κ2) is 8.94. The summed E-state index contributed by atoms with van der Waals surface area (Å²) in [7, 11) is 5.32. The monoisotopic (exact) mass is 435 g/mol. The zero-order valence-corrected chi connectivity index (χ0v) is 18.0. The molecule has 0 aliphatic carbocycles. The third kappa shape index (κ3) is 4.33. The summed E-state index contributed by atoms with van der Waals surface area (Å²) >= 11 is 0. The van der Waals surface area contributed by atoms with Gasteiger partial charge in [0.25, 0.3) is 11.8 Å². The molecule has 9 heteroatoms. The smallest absolute Gasteiger partial charge is 0.270 e. The Labute approximate surface area is 189 Å². The lowest BCUT2D eigenvalue weighted by atomic mass is 10.1. The number of rotatable bonds is 6. The molecular weight excluding hydrogens is 406 g/mol. The molecule has 4 rings (SSSR count). The van der Waals surface area contributed by atoms with Gasteiger partial charge in [0.1, 0.15) is 0 Å². The van der Waals surface area contributed by atoms with Gasteiger partial charge in [-0.05, 0) is 36.9 Å². The molecule has 32 heavy (non-hydrogen) atoms. The van der Waals surface area contributed by atoms with Crippen LogP contribution in [-0.2, 0) is 6.54 Å². The molecule has 4 aromatic rings. The molecule has 0 unspecified atom stereocenters. The Bertz CT molecular complexity index is 1250. The molecule has 168 valence electrons. The first-order valence-electron chi connectivity index (χ1n) is 9.98. The van der Waals surface area contributed by atoms with Crippen LogP contribution in [0.3, 0.4) is 0 Å². The van der Waals surface area contributed by atoms with Crippen LogP contribution in [0.4, 0.5) is 5.82 Å². The Morgan fingerprint density at radius 3 is 2.34 bits per heavy atom. The van der Waals surface area contributed by atoms with E-state index < -0.39 is 0 Å². The highest BCUT2D eigenvalue weighted by Crippen LogP contribution is 2.28. The van der Waals surface area contributed by atoms with Gasteiger partial charge in [-0.15, -0.1) is 10.2 Å². The SMILES string of the molecule is CNCc1ccc(-c2nnc(-c3nc(-c4ccc(C(=O)N(C)C)cc4)cnc3N)o2)cc1.[HH].[HH].[HH]. The van der Waals surface area contributed by atoms with Gasteiger partial charge in [0.2, 0.25) is 5.89 Å². The Balaban J connectivity index is 0.00000204. The third-order valence-electron chi connectivity index (χ3n) is 4.84. The van der Waals surface area contributed by atoms with Crippen LogP contribution in [0, 0.1) is 0 Å². The fourth-order valence-electron chi connectivity index (χ4n) is 3.14. The van der Waals surface area contributed by atoms with Crippen LogP contribution in [0.5, 0.6) is 0 Å². The van der Waals surface area contributed by atoms with Gasteiger partial charge in [0, 0.05) is 41.6 Å². The number of nitrogens with zero attached hydrogens (tertiary/aromatic N) is 5. The van der Waals surface area contributed by atoms with Gasteiger partial charge >= 0.3 is 0 Å². The predicted molar refractivity (Wildman–Crippen MR) is 128 cm³/mol. The van der Waals surface area contributed by atoms with E-state index in [0.717, 1.165) is 23.2 Å². The summed E-state index contributed by atoms with van der Waals surface area (Å²) in [6.07, 6.45) is 1.57. The maximum atomic E-state index is 12.1. The third-order valence-corrected chi connectivity index (χ3v) is 4.84. The summed E-state index contributed by atoms with van der Waals surface area (Å²) in [4.78, 5) is 22.4. The van der Waals surface area contributed by atoms with Gasteiger partial charge in [-0.1, -0.05) is 24.3 Å². The first-order chi connectivity index (χ1) is 15.5. The number of hydrogen-bond acceptors (Lipinski definition) is 8. The second-order valence-corrected chi connectivity index (χ2v) is 7.41. The average molecular weight is 436 g/mol. The lowest BCUT2D eigenvalue weighted by Crippen LogP contribution is -2.21. The van der Waals surface area contributed by atoms with E-state index in [9.17, 15) is 4.79 Å². The topological polar surface area (TPSA) is 123 Å². The van der Waals surface area contributed by atoms with E-state index in [1.807, 2.05) is 43.4 Å². The summed E-state index contributed by atoms with van der Waals surface area (Å²) in [5.74, 6) is 0.672. The molecule has 2 heterocycles. The maximum absolute atomic E-state index is 12.1. The van der Waals surface area contributed by atoms with Crippen molar-refractivity contribution < 1.29 is 13.5 Å². The molecule has 0 aliphatic heterocycles. The molecular formula is C23H29N7O2. The number of carbonyl (C=O) groups is 1. The number of benzene rings is 2. The highest BCUT2D eigenvalue weighted by atomic mass is 16.4. The number of amides is 1. The fraction of sp³-hybridized carbons (Fsp3) is 0.174. The van der Waals surface area contributed by atoms with Crippen LogP contribution in [0.1, 0.15) is 20.2 Å². The van der Waals surface area contributed by atoms with Crippen LogP contribution in [0.25, 0.3) is 34.3 Å². The number of nitrogens with two attached hydrogens (primary N) is 1. The summed E-state index contributed by atoms with van der Waals surface area (Å²) in [5, 5.41) is 11.4. The van der Waals surface area contributed by atoms with Crippen LogP contribution in [-0.4, -0.2) is 52.1 Å². The van der Waals surface area contributed by atoms with Gasteiger partial charge in [-0.2, -0.15) is 0 Å². The largest absolute Gasteiger partial charge is 0.414 e. The van der Waals surface area contributed by atoms with Crippen molar-refractivity contribution in [1.29, 1.82) is 0 Å². The molecule has 2 aromatic carbocycles. The summed E-state index contributed by atoms with van der Waals surface area (Å²) < 4.78 is 5.83. The molecule has 0 radical (unpaired) electrons. The standard InChI is InChI=1S/C23H23N7O2.3H2/c1-25-12-14-4-6-16(7-5-14)21-28-29-22(32-21)19-20(24)26-13-18(27-19)15-8-10-17(11-9-15)23(31)30(2)3;;;/h4-11,13,25H,12H2,1-3H3,(H2,24,26);3*1H. The van der Waals surface area contributed by atoms with Crippen molar-refractivity contribution in [1.82, 2.24) is 30.4 Å². The Kier molecular flexibility index (Phi) is 5.91. The zero-order valence-electron chi connectivity index (χ0n) is 18.0. The zero-order chi connectivity index (χ0) is 22.7. The molecule has 0 saturated carbocycles. The molecule has 0 fully saturated rings. The summed E-state index contributed by atoms with van der Waals surface area (Å²) in [5.41, 5.74) is 10.2. The van der Waals surface area contributed by atoms with Crippen molar-refractivity contribution in [2.45, 2.75) is 6.54 Å². The van der Waals surface area contributed by atoms with Crippen LogP contribution in [0.2, 0.25) is 0 Å². The normalized spacial score (nSPS) is 10.8. The van der Waals surface area contributed by atoms with E-state index in [4.69, 9.17) is 10.2 Å². The van der Waals surface area contributed by atoms with Crippen molar-refractivity contribution in [2.24, 2.45) is 0 Å². The molecule has 0 aliphatic rings. The molecule has 0 saturated heterocycles. The lowest BCUT2D eigenvalue weighted by Gasteiger charge is -2.10. The first kappa shape index (κ1) is 21.1. The van der Waals surface area contributed by atoms with Crippen molar-refractivity contribution in [3.05, 3.63) is 65.9 Å². The van der Waals surface area contributed by atoms with E-state index in [1.54, 1.807) is 32.4 Å². The molecule has 0 atom stereocenters. The van der Waals surface area contributed by atoms with E-state index >= 15 is 0 Å². The van der Waals surface area contributed by atoms with Gasteiger partial charge < -0.3 is 20.4 Å². The minimum atomic E-state index is -0.0713. The minimum absolute atomic E-state index is 0. The number of anilines is 1. The molecule has 3 N–H and O–H groups in total. The Morgan fingerprint density at radius 1 is 1.03 bits per heavy atom. The van der Waals surface area contributed by atoms with Crippen molar-refractivity contribution >= 4 is 11.7 Å². The molecule has 2 aromatic heterocycles. The predicted octanol–water partition coefficient (Wildman–Crippen LogP) is 3.60. The van der Waals surface area contributed by atoms with Gasteiger partial charge in [-0.25, -0.2) is 9.97 Å². The van der Waals surface area contributed by atoms with E-state index in [0.29, 0.717) is 22.8 Å². The number of aromatic nitrogens is 4. The highest BCUT2D eigenvalue weighted by Gasteiger charge is 2.17. The number of carbonyl (C=O) groups excluding carboxylic acids is 1. The van der Waals surface area contributed by atoms with Gasteiger partial charge in [-0.3, -0.25) is 4.79 Å². The Hall–Kier alpha value is -4.11. The molecule has 1 amide bonds. The van der Waals surface area contributed by atoms with E-state index in [2.05, 4.69) is 25.5 Å². The number of nitrogen functional groups attached to an aromatic ring is 1. The van der Waals surface area contributed by atoms with E-state index in [-0.39, 0.29) is 21.9 Å². The van der Waals surface area contributed by atoms with Crippen LogP contribution in [0.15, 0.2) is 59.1 Å². The van der Waals surface area contributed by atoms with Crippen molar-refractivity contribution in [2.75, 3.05) is 26.9 Å². The minimum Gasteiger partial charge on any atom is -0.414 e. The second-order valence-electron chi connectivity index (χ2n) is 7.41. The quantitative estimate of drug-likeness (QED) is 0.471. The lowest BCUT2D eigenvalue weighted by molar-refractivity contribution is 0.0827. The highest BCUT2D eigenvalue weighted by molar-refractivity contribution is 5.94. The maximum Gasteiger partial charge on any atom is 0.270 e. The van der Waals surface area contributed by atoms with Crippen molar-refractivity contribution in [3.8, 4) is 34.3 Å². The average Bonchev–Trinajstić information content (AvgIpc) is 3.30. The first-order valence-corrected chi connectivity index (χ1v) is 9.98. The number of hydrogen-bond donors (Lipinski definition) is 2. The molecule has 0 bridgehead atoms. The molecule has 0 spiro atoms. The van der Waals surface area contributed by atoms with Gasteiger partial charge in [0.15, 0.2) is 11.5 Å². The van der Waals surface area contributed by atoms with E-state index in [1.165, 1.54) is 4.90 Å². The number of nitrogens with one attached hydrogen (secondary N) is 1. The van der Waals surface area contributed by atoms with Crippen LogP contribution < -0.4 is 11.1 Å². The summed E-state index contributed by atoms with van der Waals surface area (Å²) in [6.45, 7) is 0.776. The summed E-state index contributed by atoms with van der Waals surface area (Å²) in [6, 6.07) is 15.0. The van der Waals surface area contributed by atoms with Gasteiger partial charge in [0.05, 0.1) is 11.9 Å². The Morgan fingerprint density at radius 2 is 1.69 bits per heavy atom. The molecule has 9 nitrogen and oxygen atoms in total.